The average Bonchev–Trinajstić information content (AvgIpc) is 2.59. The van der Waals surface area contributed by atoms with E-state index in [-0.39, 0.29) is 12.2 Å². The SMILES string of the molecule is Cc1cc(F)c(OCc2ccc(-c3cc(F)c(F)c(F)c3)cc2)c(F)c1. The lowest BCUT2D eigenvalue weighted by Crippen LogP contribution is -2.00. The van der Waals surface area contributed by atoms with Gasteiger partial charge in [0.25, 0.3) is 0 Å². The molecule has 6 heteroatoms. The van der Waals surface area contributed by atoms with Crippen LogP contribution in [0.2, 0.25) is 0 Å². The van der Waals surface area contributed by atoms with Crippen molar-refractivity contribution < 1.29 is 26.7 Å². The summed E-state index contributed by atoms with van der Waals surface area (Å²) >= 11 is 0. The Kier molecular flexibility index (Phi) is 4.93. The largest absolute Gasteiger partial charge is 0.483 e. The average molecular weight is 364 g/mol. The van der Waals surface area contributed by atoms with E-state index in [1.165, 1.54) is 12.1 Å². The molecule has 0 aliphatic carbocycles. The Morgan fingerprint density at radius 3 is 1.77 bits per heavy atom. The molecule has 0 bridgehead atoms. The molecule has 26 heavy (non-hydrogen) atoms. The van der Waals surface area contributed by atoms with Crippen molar-refractivity contribution in [3.05, 3.63) is 88.7 Å². The van der Waals surface area contributed by atoms with E-state index >= 15 is 0 Å². The highest BCUT2D eigenvalue weighted by Gasteiger charge is 2.13. The molecule has 1 nitrogen and oxygen atoms in total. The molecule has 0 unspecified atom stereocenters. The molecule has 0 aromatic heterocycles. The Bertz CT molecular complexity index is 905. The maximum absolute atomic E-state index is 13.7. The van der Waals surface area contributed by atoms with Crippen molar-refractivity contribution in [2.24, 2.45) is 0 Å². The van der Waals surface area contributed by atoms with Gasteiger partial charge in [-0.05, 0) is 53.4 Å². The number of ether oxygens (including phenoxy) is 1. The summed E-state index contributed by atoms with van der Waals surface area (Å²) in [6.07, 6.45) is 0. The summed E-state index contributed by atoms with van der Waals surface area (Å²) in [7, 11) is 0. The Labute approximate surface area is 146 Å². The molecule has 3 rings (SSSR count). The van der Waals surface area contributed by atoms with Crippen LogP contribution in [-0.4, -0.2) is 0 Å². The predicted molar refractivity (Wildman–Crippen MR) is 87.2 cm³/mol. The fraction of sp³-hybridized carbons (Fsp3) is 0.100. The Morgan fingerprint density at radius 2 is 1.23 bits per heavy atom. The predicted octanol–water partition coefficient (Wildman–Crippen LogP) is 5.94. The third kappa shape index (κ3) is 3.69. The minimum absolute atomic E-state index is 0.0939. The number of aryl methyl sites for hydroxylation is 1. The number of benzene rings is 3. The van der Waals surface area contributed by atoms with Crippen LogP contribution in [0.5, 0.6) is 5.75 Å². The van der Waals surface area contributed by atoms with Gasteiger partial charge >= 0.3 is 0 Å². The van der Waals surface area contributed by atoms with E-state index in [1.54, 1.807) is 31.2 Å². The second-order valence-corrected chi connectivity index (χ2v) is 5.80. The highest BCUT2D eigenvalue weighted by atomic mass is 19.2. The van der Waals surface area contributed by atoms with Crippen LogP contribution in [0.4, 0.5) is 22.0 Å². The van der Waals surface area contributed by atoms with E-state index in [9.17, 15) is 22.0 Å². The highest BCUT2D eigenvalue weighted by molar-refractivity contribution is 5.63. The van der Waals surface area contributed by atoms with Gasteiger partial charge in [0.15, 0.2) is 34.8 Å². The fourth-order valence-corrected chi connectivity index (χ4v) is 2.50. The monoisotopic (exact) mass is 364 g/mol. The van der Waals surface area contributed by atoms with Gasteiger partial charge in [-0.25, -0.2) is 22.0 Å². The summed E-state index contributed by atoms with van der Waals surface area (Å²) < 4.78 is 72.3. The molecule has 0 atom stereocenters. The second kappa shape index (κ2) is 7.15. The van der Waals surface area contributed by atoms with Crippen LogP contribution in [0.1, 0.15) is 11.1 Å². The van der Waals surface area contributed by atoms with Crippen molar-refractivity contribution in [2.45, 2.75) is 13.5 Å². The van der Waals surface area contributed by atoms with Gasteiger partial charge in [-0.3, -0.25) is 0 Å². The maximum Gasteiger partial charge on any atom is 0.194 e. The summed E-state index contributed by atoms with van der Waals surface area (Å²) in [6, 6.07) is 10.4. The zero-order chi connectivity index (χ0) is 18.8. The van der Waals surface area contributed by atoms with Crippen molar-refractivity contribution in [3.8, 4) is 16.9 Å². The molecule has 3 aromatic rings. The minimum atomic E-state index is -1.53. The normalized spacial score (nSPS) is 10.8. The summed E-state index contributed by atoms with van der Waals surface area (Å²) in [4.78, 5) is 0. The molecule has 0 spiro atoms. The molecule has 0 fully saturated rings. The van der Waals surface area contributed by atoms with E-state index in [2.05, 4.69) is 0 Å². The quantitative estimate of drug-likeness (QED) is 0.411. The molecular weight excluding hydrogens is 351 g/mol. The molecule has 0 radical (unpaired) electrons. The van der Waals surface area contributed by atoms with Crippen LogP contribution >= 0.6 is 0 Å². The van der Waals surface area contributed by atoms with Gasteiger partial charge in [-0.15, -0.1) is 0 Å². The molecule has 0 N–H and O–H groups in total. The third-order valence-corrected chi connectivity index (χ3v) is 3.80. The van der Waals surface area contributed by atoms with Crippen LogP contribution in [0.25, 0.3) is 11.1 Å². The van der Waals surface area contributed by atoms with Crippen LogP contribution < -0.4 is 4.74 Å². The van der Waals surface area contributed by atoms with Gasteiger partial charge in [0, 0.05) is 0 Å². The van der Waals surface area contributed by atoms with Gasteiger partial charge in [0.1, 0.15) is 6.61 Å². The Morgan fingerprint density at radius 1 is 0.692 bits per heavy atom. The number of rotatable bonds is 4. The molecule has 3 aromatic carbocycles. The highest BCUT2D eigenvalue weighted by Crippen LogP contribution is 2.26. The molecule has 0 saturated carbocycles. The zero-order valence-corrected chi connectivity index (χ0v) is 13.6. The van der Waals surface area contributed by atoms with Crippen molar-refractivity contribution in [1.82, 2.24) is 0 Å². The molecule has 0 heterocycles. The molecule has 134 valence electrons. The molecule has 0 saturated heterocycles. The van der Waals surface area contributed by atoms with E-state index < -0.39 is 34.8 Å². The lowest BCUT2D eigenvalue weighted by atomic mass is 10.0. The van der Waals surface area contributed by atoms with E-state index in [4.69, 9.17) is 4.74 Å². The first-order valence-electron chi connectivity index (χ1n) is 7.67. The number of hydrogen-bond acceptors (Lipinski definition) is 1. The fourth-order valence-electron chi connectivity index (χ4n) is 2.50. The molecule has 0 aliphatic rings. The molecule has 0 aliphatic heterocycles. The first-order chi connectivity index (χ1) is 12.3. The van der Waals surface area contributed by atoms with Crippen LogP contribution in [0, 0.1) is 36.0 Å². The van der Waals surface area contributed by atoms with E-state index in [1.807, 2.05) is 0 Å². The van der Waals surface area contributed by atoms with E-state index in [0.717, 1.165) is 12.1 Å². The topological polar surface area (TPSA) is 9.23 Å². The zero-order valence-electron chi connectivity index (χ0n) is 13.6. The second-order valence-electron chi connectivity index (χ2n) is 5.80. The molecular formula is C20H13F5O. The van der Waals surface area contributed by atoms with Gasteiger partial charge in [-0.1, -0.05) is 24.3 Å². The summed E-state index contributed by atoms with van der Waals surface area (Å²) in [5, 5.41) is 0. The molecule has 0 amide bonds. The summed E-state index contributed by atoms with van der Waals surface area (Å²) in [5.74, 6) is -6.15. The summed E-state index contributed by atoms with van der Waals surface area (Å²) in [6.45, 7) is 1.47. The van der Waals surface area contributed by atoms with Crippen LogP contribution in [-0.2, 0) is 6.61 Å². The third-order valence-electron chi connectivity index (χ3n) is 3.80. The lowest BCUT2D eigenvalue weighted by Gasteiger charge is -2.10. The smallest absolute Gasteiger partial charge is 0.194 e. The number of halogens is 5. The van der Waals surface area contributed by atoms with Crippen LogP contribution in [0.15, 0.2) is 48.5 Å². The maximum atomic E-state index is 13.7. The standard InChI is InChI=1S/C20H13F5O/c1-11-6-17(23)20(18(24)7-11)26-10-12-2-4-13(5-3-12)14-8-15(21)19(25)16(22)9-14/h2-9H,10H2,1H3. The van der Waals surface area contributed by atoms with Crippen molar-refractivity contribution in [1.29, 1.82) is 0 Å². The Hall–Kier alpha value is -2.89. The van der Waals surface area contributed by atoms with Gasteiger partial charge in [0.2, 0.25) is 0 Å². The minimum Gasteiger partial charge on any atom is -0.483 e. The van der Waals surface area contributed by atoms with Crippen molar-refractivity contribution >= 4 is 0 Å². The van der Waals surface area contributed by atoms with Gasteiger partial charge in [-0.2, -0.15) is 0 Å². The van der Waals surface area contributed by atoms with Crippen molar-refractivity contribution in [2.75, 3.05) is 0 Å². The van der Waals surface area contributed by atoms with E-state index in [0.29, 0.717) is 16.7 Å². The number of hydrogen-bond donors (Lipinski definition) is 0. The summed E-state index contributed by atoms with van der Waals surface area (Å²) in [5.41, 5.74) is 1.66. The lowest BCUT2D eigenvalue weighted by molar-refractivity contribution is 0.274. The van der Waals surface area contributed by atoms with Gasteiger partial charge in [0.05, 0.1) is 0 Å². The first kappa shape index (κ1) is 17.9. The van der Waals surface area contributed by atoms with Crippen molar-refractivity contribution in [3.63, 3.8) is 0 Å². The van der Waals surface area contributed by atoms with Crippen LogP contribution in [0.3, 0.4) is 0 Å². The van der Waals surface area contributed by atoms with Gasteiger partial charge < -0.3 is 4.74 Å². The Balaban J connectivity index is 1.77. The first-order valence-corrected chi connectivity index (χ1v) is 7.67.